The van der Waals surface area contributed by atoms with Gasteiger partial charge in [-0.25, -0.2) is 4.98 Å². The zero-order valence-electron chi connectivity index (χ0n) is 9.97. The van der Waals surface area contributed by atoms with Gasteiger partial charge in [-0.05, 0) is 29.8 Å². The van der Waals surface area contributed by atoms with Gasteiger partial charge in [-0.3, -0.25) is 4.79 Å². The highest BCUT2D eigenvalue weighted by molar-refractivity contribution is 9.10. The molecular weight excluding hydrogens is 312 g/mol. The van der Waals surface area contributed by atoms with Crippen molar-refractivity contribution in [2.24, 2.45) is 5.92 Å². The van der Waals surface area contributed by atoms with Crippen molar-refractivity contribution in [1.82, 2.24) is 10.1 Å². The molecular formula is C12H11BrN4O2. The van der Waals surface area contributed by atoms with Gasteiger partial charge in [0.25, 0.3) is 11.5 Å². The van der Waals surface area contributed by atoms with Crippen LogP contribution >= 0.6 is 15.9 Å². The number of hydrogen-bond donors (Lipinski definition) is 1. The molecule has 0 atom stereocenters. The van der Waals surface area contributed by atoms with Crippen molar-refractivity contribution >= 4 is 38.7 Å². The van der Waals surface area contributed by atoms with Gasteiger partial charge in [0.2, 0.25) is 0 Å². The van der Waals surface area contributed by atoms with Crippen molar-refractivity contribution in [3.8, 4) is 0 Å². The Hall–Kier alpha value is -1.76. The van der Waals surface area contributed by atoms with Crippen LogP contribution in [0, 0.1) is 11.1 Å². The van der Waals surface area contributed by atoms with Crippen LogP contribution in [0.5, 0.6) is 0 Å². The summed E-state index contributed by atoms with van der Waals surface area (Å²) >= 11 is 3.29. The summed E-state index contributed by atoms with van der Waals surface area (Å²) in [5.41, 5.74) is 0.919. The van der Waals surface area contributed by atoms with E-state index in [0.717, 1.165) is 17.3 Å². The van der Waals surface area contributed by atoms with Gasteiger partial charge in [0.15, 0.2) is 5.78 Å². The summed E-state index contributed by atoms with van der Waals surface area (Å²) in [6.07, 6.45) is 1.93. The molecule has 3 rings (SSSR count). The number of carbonyl (C=O) groups is 1. The largest absolute Gasteiger partial charge is 0.594 e. The highest BCUT2D eigenvalue weighted by atomic mass is 79.9. The smallest absolute Gasteiger partial charge is 0.291 e. The molecule has 0 aliphatic heterocycles. The summed E-state index contributed by atoms with van der Waals surface area (Å²) in [6, 6.07) is 5.18. The molecule has 0 spiro atoms. The van der Waals surface area contributed by atoms with Gasteiger partial charge in [-0.2, -0.15) is 0 Å². The van der Waals surface area contributed by atoms with Crippen LogP contribution in [0.15, 0.2) is 22.7 Å². The minimum Gasteiger partial charge on any atom is -0.594 e. The summed E-state index contributed by atoms with van der Waals surface area (Å²) in [7, 11) is 0. The Morgan fingerprint density at radius 1 is 1.53 bits per heavy atom. The Morgan fingerprint density at radius 2 is 2.32 bits per heavy atom. The molecule has 1 fully saturated rings. The number of nitrogens with zero attached hydrogens (tertiary/aromatic N) is 3. The minimum absolute atomic E-state index is 0.150. The molecule has 2 aromatic rings. The second-order valence-electron chi connectivity index (χ2n) is 4.54. The first-order valence-electron chi connectivity index (χ1n) is 5.97. The summed E-state index contributed by atoms with van der Waals surface area (Å²) in [5.74, 6) is 0.513. The summed E-state index contributed by atoms with van der Waals surface area (Å²) in [4.78, 5) is 16.3. The third kappa shape index (κ3) is 2.65. The third-order valence-corrected chi connectivity index (χ3v) is 3.50. The first-order chi connectivity index (χ1) is 9.13. The van der Waals surface area contributed by atoms with Crippen LogP contribution < -0.4 is 10.2 Å². The number of Topliss-reactive ketones (excluding diaryl/α,β-unsaturated/α-hetero) is 1. The lowest BCUT2D eigenvalue weighted by Crippen LogP contribution is -2.34. The van der Waals surface area contributed by atoms with E-state index in [4.69, 9.17) is 0 Å². The van der Waals surface area contributed by atoms with Crippen LogP contribution in [0.25, 0.3) is 11.0 Å². The Morgan fingerprint density at radius 3 is 3.05 bits per heavy atom. The van der Waals surface area contributed by atoms with Crippen LogP contribution in [0.4, 0.5) is 5.95 Å². The van der Waals surface area contributed by atoms with E-state index in [2.05, 4.69) is 31.3 Å². The van der Waals surface area contributed by atoms with Gasteiger partial charge in [0, 0.05) is 16.5 Å². The quantitative estimate of drug-likeness (QED) is 0.680. The molecule has 98 valence electrons. The van der Waals surface area contributed by atoms with Gasteiger partial charge in [0.1, 0.15) is 5.52 Å². The average Bonchev–Trinajstić information content (AvgIpc) is 3.21. The Labute approximate surface area is 117 Å². The van der Waals surface area contributed by atoms with Crippen LogP contribution in [0.1, 0.15) is 12.8 Å². The average molecular weight is 323 g/mol. The number of benzene rings is 1. The lowest BCUT2D eigenvalue weighted by Gasteiger charge is -2.04. The van der Waals surface area contributed by atoms with E-state index in [0.29, 0.717) is 15.9 Å². The van der Waals surface area contributed by atoms with E-state index in [1.54, 1.807) is 18.2 Å². The fraction of sp³-hybridized carbons (Fsp3) is 0.333. The number of hydrogen-bond acceptors (Lipinski definition) is 5. The van der Waals surface area contributed by atoms with Crippen molar-refractivity contribution < 1.29 is 9.64 Å². The number of fused-ring (bicyclic) bond motifs is 1. The van der Waals surface area contributed by atoms with E-state index in [1.807, 2.05) is 0 Å². The fourth-order valence-corrected chi connectivity index (χ4v) is 2.16. The molecule has 0 amide bonds. The number of rotatable bonds is 4. The van der Waals surface area contributed by atoms with Gasteiger partial charge >= 0.3 is 0 Å². The molecule has 0 bridgehead atoms. The molecule has 1 aromatic heterocycles. The van der Waals surface area contributed by atoms with E-state index < -0.39 is 0 Å². The molecule has 1 aromatic carbocycles. The lowest BCUT2D eigenvalue weighted by atomic mass is 10.3. The summed E-state index contributed by atoms with van der Waals surface area (Å²) < 4.78 is 0.790. The van der Waals surface area contributed by atoms with Crippen molar-refractivity contribution in [1.29, 1.82) is 0 Å². The molecule has 1 N–H and O–H groups in total. The third-order valence-electron chi connectivity index (χ3n) is 3.01. The summed E-state index contributed by atoms with van der Waals surface area (Å²) in [6.45, 7) is 0.173. The normalized spacial score (nSPS) is 14.6. The fourth-order valence-electron chi connectivity index (χ4n) is 1.81. The standard InChI is InChI=1S/C12H11BrN4O2/c13-8-3-4-9-10(5-8)17(19)16-12(15-9)14-6-11(18)7-1-2-7/h3-5,7H,1-2,6H2,(H,14,15,16). The summed E-state index contributed by atoms with van der Waals surface area (Å²) in [5, 5.41) is 18.3. The molecule has 1 heterocycles. The topological polar surface area (TPSA) is 81.8 Å². The predicted molar refractivity (Wildman–Crippen MR) is 72.4 cm³/mol. The first-order valence-corrected chi connectivity index (χ1v) is 6.76. The van der Waals surface area contributed by atoms with Crippen LogP contribution in [-0.2, 0) is 4.79 Å². The van der Waals surface area contributed by atoms with E-state index >= 15 is 0 Å². The second kappa shape index (κ2) is 4.73. The number of ketones is 1. The lowest BCUT2D eigenvalue weighted by molar-refractivity contribution is -0.641. The zero-order chi connectivity index (χ0) is 13.4. The van der Waals surface area contributed by atoms with Gasteiger partial charge in [0.05, 0.1) is 11.6 Å². The Kier molecular flexibility index (Phi) is 3.06. The minimum atomic E-state index is 0.150. The highest BCUT2D eigenvalue weighted by Gasteiger charge is 2.29. The van der Waals surface area contributed by atoms with Crippen molar-refractivity contribution in [3.05, 3.63) is 27.9 Å². The molecule has 0 unspecified atom stereocenters. The van der Waals surface area contributed by atoms with Gasteiger partial charge in [-0.1, -0.05) is 15.9 Å². The molecule has 1 saturated carbocycles. The first kappa shape index (κ1) is 12.3. The van der Waals surface area contributed by atoms with Gasteiger partial charge < -0.3 is 10.5 Å². The highest BCUT2D eigenvalue weighted by Crippen LogP contribution is 2.29. The monoisotopic (exact) mass is 322 g/mol. The molecule has 19 heavy (non-hydrogen) atoms. The molecule has 0 radical (unpaired) electrons. The molecule has 1 aliphatic rings. The Bertz CT molecular complexity index is 657. The Balaban J connectivity index is 1.83. The maximum absolute atomic E-state index is 11.8. The number of anilines is 1. The van der Waals surface area contributed by atoms with E-state index in [9.17, 15) is 10.0 Å². The van der Waals surface area contributed by atoms with Crippen molar-refractivity contribution in [3.63, 3.8) is 0 Å². The van der Waals surface area contributed by atoms with Crippen LogP contribution in [0.3, 0.4) is 0 Å². The SMILES string of the molecule is O=C(CNc1nc2ccc(Br)cc2[n+]([O-])n1)C1CC1. The number of halogens is 1. The van der Waals surface area contributed by atoms with Gasteiger partial charge in [-0.15, -0.1) is 0 Å². The molecule has 0 saturated heterocycles. The molecule has 1 aliphatic carbocycles. The number of carbonyl (C=O) groups excluding carboxylic acids is 1. The van der Waals surface area contributed by atoms with Crippen LogP contribution in [-0.4, -0.2) is 22.4 Å². The van der Waals surface area contributed by atoms with Crippen LogP contribution in [0.2, 0.25) is 0 Å². The number of aromatic nitrogens is 3. The van der Waals surface area contributed by atoms with Crippen molar-refractivity contribution in [2.75, 3.05) is 11.9 Å². The van der Waals surface area contributed by atoms with E-state index in [-0.39, 0.29) is 24.2 Å². The van der Waals surface area contributed by atoms with Crippen molar-refractivity contribution in [2.45, 2.75) is 12.8 Å². The maximum atomic E-state index is 11.8. The molecule has 6 nitrogen and oxygen atoms in total. The maximum Gasteiger partial charge on any atom is 0.291 e. The second-order valence-corrected chi connectivity index (χ2v) is 5.45. The number of nitrogens with one attached hydrogen (secondary N) is 1. The zero-order valence-corrected chi connectivity index (χ0v) is 11.6. The van der Waals surface area contributed by atoms with E-state index in [1.165, 1.54) is 0 Å². The predicted octanol–water partition coefficient (Wildman–Crippen LogP) is 1.42. The molecule has 7 heteroatoms.